The van der Waals surface area contributed by atoms with Crippen molar-refractivity contribution in [2.45, 2.75) is 17.0 Å². The molecule has 0 aliphatic rings. The average Bonchev–Trinajstić information content (AvgIpc) is 2.36. The van der Waals surface area contributed by atoms with Crippen LogP contribution < -0.4 is 5.73 Å². The molecule has 0 fully saturated rings. The van der Waals surface area contributed by atoms with Crippen molar-refractivity contribution in [1.29, 1.82) is 0 Å². The van der Waals surface area contributed by atoms with E-state index in [2.05, 4.69) is 4.74 Å². The Morgan fingerprint density at radius 2 is 2.00 bits per heavy atom. The zero-order chi connectivity index (χ0) is 12.1. The molecule has 0 amide bonds. The van der Waals surface area contributed by atoms with Gasteiger partial charge < -0.3 is 15.6 Å². The zero-order valence-corrected chi connectivity index (χ0v) is 10.0. The number of aliphatic hydroxyl groups is 1. The molecule has 0 spiro atoms. The average molecular weight is 241 g/mol. The van der Waals surface area contributed by atoms with Crippen LogP contribution in [0.3, 0.4) is 0 Å². The monoisotopic (exact) mass is 241 g/mol. The van der Waals surface area contributed by atoms with Crippen LogP contribution in [0.2, 0.25) is 0 Å². The summed E-state index contributed by atoms with van der Waals surface area (Å²) in [4.78, 5) is 12.2. The zero-order valence-electron chi connectivity index (χ0n) is 9.21. The van der Waals surface area contributed by atoms with Crippen LogP contribution in [0.25, 0.3) is 0 Å². The van der Waals surface area contributed by atoms with Crippen molar-refractivity contribution in [1.82, 2.24) is 0 Å². The van der Waals surface area contributed by atoms with E-state index in [1.165, 1.54) is 7.11 Å². The van der Waals surface area contributed by atoms with Crippen molar-refractivity contribution < 1.29 is 14.6 Å². The van der Waals surface area contributed by atoms with E-state index < -0.39 is 18.1 Å². The van der Waals surface area contributed by atoms with Gasteiger partial charge in [0, 0.05) is 4.90 Å². The number of hydrogen-bond acceptors (Lipinski definition) is 5. The molecule has 0 heterocycles. The van der Waals surface area contributed by atoms with Gasteiger partial charge in [-0.25, -0.2) is 0 Å². The number of nitrogens with two attached hydrogens (primary N) is 1. The maximum absolute atomic E-state index is 11.1. The Morgan fingerprint density at radius 1 is 1.44 bits per heavy atom. The van der Waals surface area contributed by atoms with E-state index in [4.69, 9.17) is 5.73 Å². The Bertz CT molecular complexity index is 353. The third-order valence-corrected chi connectivity index (χ3v) is 3.01. The summed E-state index contributed by atoms with van der Waals surface area (Å²) in [5.41, 5.74) is 6.15. The number of hydrogen-bond donors (Lipinski definition) is 2. The number of esters is 1. The van der Waals surface area contributed by atoms with E-state index in [0.717, 1.165) is 4.90 Å². The molecule has 0 unspecified atom stereocenters. The lowest BCUT2D eigenvalue weighted by molar-refractivity contribution is -0.145. The van der Waals surface area contributed by atoms with Crippen LogP contribution in [-0.2, 0) is 9.53 Å². The second-order valence-electron chi connectivity index (χ2n) is 3.27. The van der Waals surface area contributed by atoms with Gasteiger partial charge in [-0.1, -0.05) is 12.1 Å². The van der Waals surface area contributed by atoms with Crippen LogP contribution in [0.1, 0.15) is 11.7 Å². The largest absolute Gasteiger partial charge is 0.468 e. The molecule has 0 radical (unpaired) electrons. The number of benzene rings is 1. The number of aliphatic hydroxyl groups excluding tert-OH is 1. The van der Waals surface area contributed by atoms with Gasteiger partial charge in [0.1, 0.15) is 12.1 Å². The highest BCUT2D eigenvalue weighted by Gasteiger charge is 2.24. The van der Waals surface area contributed by atoms with Gasteiger partial charge in [-0.2, -0.15) is 0 Å². The third-order valence-electron chi connectivity index (χ3n) is 2.27. The normalized spacial score (nSPS) is 14.2. The van der Waals surface area contributed by atoms with Crippen molar-refractivity contribution >= 4 is 17.7 Å². The number of carbonyl (C=O) groups excluding carboxylic acids is 1. The summed E-state index contributed by atoms with van der Waals surface area (Å²) in [6, 6.07) is 6.18. The molecule has 16 heavy (non-hydrogen) atoms. The minimum Gasteiger partial charge on any atom is -0.468 e. The number of rotatable bonds is 4. The number of methoxy groups -OCH3 is 1. The summed E-state index contributed by atoms with van der Waals surface area (Å²) < 4.78 is 4.47. The van der Waals surface area contributed by atoms with Crippen molar-refractivity contribution in [3.05, 3.63) is 29.8 Å². The molecule has 1 rings (SSSR count). The predicted octanol–water partition coefficient (Wildman–Crippen LogP) is 0.942. The summed E-state index contributed by atoms with van der Waals surface area (Å²) in [6.45, 7) is 0. The van der Waals surface area contributed by atoms with Gasteiger partial charge in [-0.3, -0.25) is 4.79 Å². The maximum Gasteiger partial charge on any atom is 0.325 e. The van der Waals surface area contributed by atoms with E-state index in [1.54, 1.807) is 23.9 Å². The molecule has 1 aromatic carbocycles. The van der Waals surface area contributed by atoms with E-state index in [1.807, 2.05) is 18.4 Å². The minimum atomic E-state index is -1.05. The Kier molecular flexibility index (Phi) is 4.79. The molecule has 1 aromatic rings. The lowest BCUT2D eigenvalue weighted by Gasteiger charge is -2.16. The van der Waals surface area contributed by atoms with Crippen molar-refractivity contribution in [3.8, 4) is 0 Å². The third kappa shape index (κ3) is 2.98. The number of carbonyl (C=O) groups is 1. The fraction of sp³-hybridized carbons (Fsp3) is 0.364. The molecule has 0 aromatic heterocycles. The first kappa shape index (κ1) is 13.0. The Labute approximate surface area is 98.8 Å². The predicted molar refractivity (Wildman–Crippen MR) is 63.2 cm³/mol. The topological polar surface area (TPSA) is 72.5 Å². The molecule has 0 bridgehead atoms. The first-order chi connectivity index (χ1) is 7.60. The molecule has 0 saturated carbocycles. The number of ether oxygens (including phenoxy) is 1. The molecule has 4 nitrogen and oxygen atoms in total. The maximum atomic E-state index is 11.1. The number of thioether (sulfide) groups is 1. The van der Waals surface area contributed by atoms with Gasteiger partial charge in [0.05, 0.1) is 7.11 Å². The summed E-state index contributed by atoms with van der Waals surface area (Å²) in [5, 5.41) is 9.82. The van der Waals surface area contributed by atoms with Gasteiger partial charge >= 0.3 is 5.97 Å². The summed E-state index contributed by atoms with van der Waals surface area (Å²) >= 11 is 1.60. The van der Waals surface area contributed by atoms with Gasteiger partial charge in [-0.05, 0) is 24.0 Å². The smallest absolute Gasteiger partial charge is 0.325 e. The van der Waals surface area contributed by atoms with Crippen LogP contribution in [0.4, 0.5) is 0 Å². The summed E-state index contributed by atoms with van der Waals surface area (Å²) in [6.07, 6.45) is 0.925. The second kappa shape index (κ2) is 5.89. The van der Waals surface area contributed by atoms with Crippen LogP contribution in [0.5, 0.6) is 0 Å². The molecule has 3 N–H and O–H groups in total. The lowest BCUT2D eigenvalue weighted by Crippen LogP contribution is -2.37. The fourth-order valence-corrected chi connectivity index (χ4v) is 1.68. The van der Waals surface area contributed by atoms with E-state index in [-0.39, 0.29) is 0 Å². The molecule has 2 atom stereocenters. The van der Waals surface area contributed by atoms with Gasteiger partial charge in [0.2, 0.25) is 0 Å². The van der Waals surface area contributed by atoms with Crippen LogP contribution in [0, 0.1) is 0 Å². The summed E-state index contributed by atoms with van der Waals surface area (Å²) in [7, 11) is 1.24. The standard InChI is InChI=1S/C11H15NO3S/c1-15-11(14)9(12)10(13)7-3-5-8(16-2)6-4-7/h3-6,9-10,13H,12H2,1-2H3/t9-,10+/m0/s1. The second-order valence-corrected chi connectivity index (χ2v) is 4.15. The van der Waals surface area contributed by atoms with Gasteiger partial charge in [-0.15, -0.1) is 11.8 Å². The molecule has 0 aliphatic carbocycles. The van der Waals surface area contributed by atoms with Gasteiger partial charge in [0.25, 0.3) is 0 Å². The van der Waals surface area contributed by atoms with Crippen LogP contribution in [0.15, 0.2) is 29.2 Å². The van der Waals surface area contributed by atoms with Crippen molar-refractivity contribution in [2.24, 2.45) is 5.73 Å². The molecule has 5 heteroatoms. The van der Waals surface area contributed by atoms with Crippen molar-refractivity contribution in [3.63, 3.8) is 0 Å². The van der Waals surface area contributed by atoms with Crippen molar-refractivity contribution in [2.75, 3.05) is 13.4 Å². The fourth-order valence-electron chi connectivity index (χ4n) is 1.27. The molecule has 0 aliphatic heterocycles. The first-order valence-electron chi connectivity index (χ1n) is 4.75. The van der Waals surface area contributed by atoms with E-state index >= 15 is 0 Å². The molecule has 88 valence electrons. The Balaban J connectivity index is 2.79. The highest BCUT2D eigenvalue weighted by atomic mass is 32.2. The van der Waals surface area contributed by atoms with E-state index in [0.29, 0.717) is 5.56 Å². The van der Waals surface area contributed by atoms with Crippen LogP contribution >= 0.6 is 11.8 Å². The highest BCUT2D eigenvalue weighted by molar-refractivity contribution is 7.98. The minimum absolute atomic E-state index is 0.607. The van der Waals surface area contributed by atoms with Crippen LogP contribution in [-0.4, -0.2) is 30.5 Å². The molecule has 0 saturated heterocycles. The quantitative estimate of drug-likeness (QED) is 0.606. The molecular weight excluding hydrogens is 226 g/mol. The SMILES string of the molecule is COC(=O)[C@@H](N)[C@H](O)c1ccc(SC)cc1. The van der Waals surface area contributed by atoms with E-state index in [9.17, 15) is 9.90 Å². The Hall–Kier alpha value is -1.04. The van der Waals surface area contributed by atoms with Gasteiger partial charge in [0.15, 0.2) is 0 Å². The summed E-state index contributed by atoms with van der Waals surface area (Å²) in [5.74, 6) is -0.624. The first-order valence-corrected chi connectivity index (χ1v) is 5.98. The molecular formula is C11H15NO3S. The highest BCUT2D eigenvalue weighted by Crippen LogP contribution is 2.20. The Morgan fingerprint density at radius 3 is 2.44 bits per heavy atom. The lowest BCUT2D eigenvalue weighted by atomic mass is 10.0.